The summed E-state index contributed by atoms with van der Waals surface area (Å²) in [5, 5.41) is 9.82. The number of hydrogen-bond acceptors (Lipinski definition) is 3. The first kappa shape index (κ1) is 13.3. The first-order valence-corrected chi connectivity index (χ1v) is 6.07. The predicted octanol–water partition coefficient (Wildman–Crippen LogP) is 2.19. The van der Waals surface area contributed by atoms with Gasteiger partial charge < -0.3 is 15.6 Å². The first-order chi connectivity index (χ1) is 7.41. The topological polar surface area (TPSA) is 72.6 Å². The fourth-order valence-corrected chi connectivity index (χ4v) is 2.38. The summed E-state index contributed by atoms with van der Waals surface area (Å²) in [7, 11) is 0. The highest BCUT2D eigenvalue weighted by Crippen LogP contribution is 2.30. The number of primary amides is 1. The molecule has 0 radical (unpaired) electrons. The second-order valence-electron chi connectivity index (χ2n) is 5.33. The van der Waals surface area contributed by atoms with Crippen LogP contribution in [0, 0.1) is 5.92 Å². The smallest absolute Gasteiger partial charge is 0.405 e. The molecule has 0 aromatic heterocycles. The Kier molecular flexibility index (Phi) is 4.59. The predicted molar refractivity (Wildman–Crippen MR) is 61.9 cm³/mol. The van der Waals surface area contributed by atoms with Gasteiger partial charge in [-0.1, -0.05) is 12.8 Å². The molecule has 16 heavy (non-hydrogen) atoms. The van der Waals surface area contributed by atoms with Gasteiger partial charge in [-0.05, 0) is 45.4 Å². The molecular formula is C12H23NO3. The fraction of sp³-hybridized carbons (Fsp3) is 0.917. The van der Waals surface area contributed by atoms with Crippen molar-refractivity contribution in [3.63, 3.8) is 0 Å². The third-order valence-corrected chi connectivity index (χ3v) is 3.36. The standard InChI is InChI=1S/C12H23NO3/c1-12(2,16-11(13)15)8-7-9-5-3-4-6-10(9)14/h9-10,14H,3-8H2,1-2H3,(H2,13,15). The zero-order chi connectivity index (χ0) is 12.2. The van der Waals surface area contributed by atoms with E-state index in [9.17, 15) is 9.90 Å². The minimum absolute atomic E-state index is 0.182. The van der Waals surface area contributed by atoms with Crippen LogP contribution < -0.4 is 5.73 Å². The van der Waals surface area contributed by atoms with Crippen LogP contribution in [0.2, 0.25) is 0 Å². The van der Waals surface area contributed by atoms with Crippen LogP contribution in [0.1, 0.15) is 52.4 Å². The molecular weight excluding hydrogens is 206 g/mol. The van der Waals surface area contributed by atoms with E-state index in [1.54, 1.807) is 0 Å². The van der Waals surface area contributed by atoms with Gasteiger partial charge in [0.2, 0.25) is 0 Å². The molecule has 4 nitrogen and oxygen atoms in total. The quantitative estimate of drug-likeness (QED) is 0.776. The number of rotatable bonds is 4. The van der Waals surface area contributed by atoms with Gasteiger partial charge in [0.05, 0.1) is 6.10 Å². The van der Waals surface area contributed by atoms with Crippen molar-refractivity contribution >= 4 is 6.09 Å². The van der Waals surface area contributed by atoms with Crippen LogP contribution in [-0.2, 0) is 4.74 Å². The maximum absolute atomic E-state index is 10.7. The molecule has 1 fully saturated rings. The number of aliphatic hydroxyl groups is 1. The van der Waals surface area contributed by atoms with Crippen molar-refractivity contribution in [2.24, 2.45) is 11.7 Å². The molecule has 0 aromatic rings. The molecule has 1 amide bonds. The van der Waals surface area contributed by atoms with E-state index in [-0.39, 0.29) is 6.10 Å². The SMILES string of the molecule is CC(C)(CCC1CCCCC1O)OC(N)=O. The van der Waals surface area contributed by atoms with Crippen molar-refractivity contribution in [1.82, 2.24) is 0 Å². The molecule has 1 aliphatic carbocycles. The zero-order valence-corrected chi connectivity index (χ0v) is 10.2. The number of ether oxygens (including phenoxy) is 1. The summed E-state index contributed by atoms with van der Waals surface area (Å²) >= 11 is 0. The molecule has 1 saturated carbocycles. The molecule has 94 valence electrons. The minimum Gasteiger partial charge on any atom is -0.444 e. The number of amides is 1. The van der Waals surface area contributed by atoms with E-state index >= 15 is 0 Å². The molecule has 3 N–H and O–H groups in total. The van der Waals surface area contributed by atoms with Crippen molar-refractivity contribution in [3.05, 3.63) is 0 Å². The van der Waals surface area contributed by atoms with Crippen LogP contribution in [0.5, 0.6) is 0 Å². The Morgan fingerprint density at radius 3 is 2.62 bits per heavy atom. The maximum Gasteiger partial charge on any atom is 0.405 e. The molecule has 0 heterocycles. The van der Waals surface area contributed by atoms with Gasteiger partial charge in [0, 0.05) is 0 Å². The van der Waals surface area contributed by atoms with Crippen molar-refractivity contribution < 1.29 is 14.6 Å². The monoisotopic (exact) mass is 229 g/mol. The molecule has 4 heteroatoms. The van der Waals surface area contributed by atoms with E-state index in [0.29, 0.717) is 5.92 Å². The van der Waals surface area contributed by atoms with E-state index in [2.05, 4.69) is 0 Å². The number of carbonyl (C=O) groups is 1. The summed E-state index contributed by atoms with van der Waals surface area (Å²) in [6, 6.07) is 0. The van der Waals surface area contributed by atoms with Crippen LogP contribution in [0.25, 0.3) is 0 Å². The van der Waals surface area contributed by atoms with Gasteiger partial charge in [-0.15, -0.1) is 0 Å². The minimum atomic E-state index is -0.728. The van der Waals surface area contributed by atoms with Gasteiger partial charge >= 0.3 is 6.09 Å². The third-order valence-electron chi connectivity index (χ3n) is 3.36. The molecule has 1 rings (SSSR count). The van der Waals surface area contributed by atoms with Gasteiger partial charge in [-0.3, -0.25) is 0 Å². The Hall–Kier alpha value is -0.770. The summed E-state index contributed by atoms with van der Waals surface area (Å²) in [6.45, 7) is 3.71. The second kappa shape index (κ2) is 5.53. The lowest BCUT2D eigenvalue weighted by Crippen LogP contribution is -2.33. The molecule has 2 unspecified atom stereocenters. The maximum atomic E-state index is 10.7. The lowest BCUT2D eigenvalue weighted by atomic mass is 9.81. The highest BCUT2D eigenvalue weighted by molar-refractivity contribution is 5.65. The largest absolute Gasteiger partial charge is 0.444 e. The summed E-state index contributed by atoms with van der Waals surface area (Å²) in [6.07, 6.45) is 5.03. The van der Waals surface area contributed by atoms with Crippen LogP contribution in [0.3, 0.4) is 0 Å². The van der Waals surface area contributed by atoms with Crippen LogP contribution >= 0.6 is 0 Å². The van der Waals surface area contributed by atoms with Gasteiger partial charge in [0.15, 0.2) is 0 Å². The van der Waals surface area contributed by atoms with E-state index in [0.717, 1.165) is 32.1 Å². The van der Waals surface area contributed by atoms with Gasteiger partial charge in [-0.25, -0.2) is 4.79 Å². The van der Waals surface area contributed by atoms with E-state index < -0.39 is 11.7 Å². The van der Waals surface area contributed by atoms with Gasteiger partial charge in [0.1, 0.15) is 5.60 Å². The van der Waals surface area contributed by atoms with Gasteiger partial charge in [0.25, 0.3) is 0 Å². The van der Waals surface area contributed by atoms with Crippen molar-refractivity contribution in [1.29, 1.82) is 0 Å². The van der Waals surface area contributed by atoms with Gasteiger partial charge in [-0.2, -0.15) is 0 Å². The second-order valence-corrected chi connectivity index (χ2v) is 5.33. The molecule has 0 saturated heterocycles. The van der Waals surface area contributed by atoms with Crippen molar-refractivity contribution in [3.8, 4) is 0 Å². The highest BCUT2D eigenvalue weighted by atomic mass is 16.6. The summed E-state index contributed by atoms with van der Waals surface area (Å²) in [4.78, 5) is 10.7. The number of hydrogen-bond donors (Lipinski definition) is 2. The molecule has 0 bridgehead atoms. The molecule has 1 aliphatic rings. The van der Waals surface area contributed by atoms with Crippen LogP contribution in [-0.4, -0.2) is 22.9 Å². The Labute approximate surface area is 97.2 Å². The highest BCUT2D eigenvalue weighted by Gasteiger charge is 2.27. The molecule has 0 aliphatic heterocycles. The summed E-state index contributed by atoms with van der Waals surface area (Å²) in [5.74, 6) is 0.351. The lowest BCUT2D eigenvalue weighted by molar-refractivity contribution is 0.0161. The van der Waals surface area contributed by atoms with Crippen LogP contribution in [0.15, 0.2) is 0 Å². The lowest BCUT2D eigenvalue weighted by Gasteiger charge is -2.31. The number of nitrogens with two attached hydrogens (primary N) is 1. The molecule has 2 atom stereocenters. The van der Waals surface area contributed by atoms with E-state index in [1.807, 2.05) is 13.8 Å². The number of aliphatic hydroxyl groups excluding tert-OH is 1. The summed E-state index contributed by atoms with van der Waals surface area (Å²) in [5.41, 5.74) is 4.48. The Balaban J connectivity index is 2.34. The van der Waals surface area contributed by atoms with Crippen molar-refractivity contribution in [2.75, 3.05) is 0 Å². The van der Waals surface area contributed by atoms with E-state index in [4.69, 9.17) is 10.5 Å². The van der Waals surface area contributed by atoms with Crippen molar-refractivity contribution in [2.45, 2.75) is 64.1 Å². The van der Waals surface area contributed by atoms with Crippen LogP contribution in [0.4, 0.5) is 4.79 Å². The normalized spacial score (nSPS) is 26.4. The third kappa shape index (κ3) is 4.39. The Morgan fingerprint density at radius 2 is 2.06 bits per heavy atom. The first-order valence-electron chi connectivity index (χ1n) is 6.07. The molecule has 0 aromatic carbocycles. The number of carbonyl (C=O) groups excluding carboxylic acids is 1. The Bertz CT molecular complexity index is 240. The average Bonchev–Trinajstić information content (AvgIpc) is 2.14. The average molecular weight is 229 g/mol. The summed E-state index contributed by atoms with van der Waals surface area (Å²) < 4.78 is 5.02. The Morgan fingerprint density at radius 1 is 1.44 bits per heavy atom. The zero-order valence-electron chi connectivity index (χ0n) is 10.2. The fourth-order valence-electron chi connectivity index (χ4n) is 2.38. The molecule has 0 spiro atoms. The van der Waals surface area contributed by atoms with E-state index in [1.165, 1.54) is 6.42 Å².